The van der Waals surface area contributed by atoms with Crippen LogP contribution in [0.15, 0.2) is 17.5 Å². The fourth-order valence-corrected chi connectivity index (χ4v) is 2.58. The van der Waals surface area contributed by atoms with E-state index in [2.05, 4.69) is 12.3 Å². The van der Waals surface area contributed by atoms with Gasteiger partial charge in [-0.05, 0) is 23.9 Å². The molecule has 0 saturated heterocycles. The van der Waals surface area contributed by atoms with Gasteiger partial charge < -0.3 is 4.74 Å². The van der Waals surface area contributed by atoms with E-state index in [1.165, 1.54) is 15.6 Å². The molecule has 2 aromatic rings. The van der Waals surface area contributed by atoms with Crippen LogP contribution in [-0.2, 0) is 0 Å². The molecule has 0 unspecified atom stereocenters. The molecule has 0 radical (unpaired) electrons. The van der Waals surface area contributed by atoms with Crippen LogP contribution >= 0.6 is 22.9 Å². The third kappa shape index (κ3) is 1.40. The van der Waals surface area contributed by atoms with Crippen LogP contribution < -0.4 is 4.74 Å². The first-order valence-corrected chi connectivity index (χ1v) is 5.19. The lowest BCUT2D eigenvalue weighted by atomic mass is 10.2. The fraction of sp³-hybridized carbons (Fsp3) is 0.200. The lowest BCUT2D eigenvalue weighted by Crippen LogP contribution is -1.82. The first-order chi connectivity index (χ1) is 6.22. The van der Waals surface area contributed by atoms with Crippen molar-refractivity contribution in [2.24, 2.45) is 0 Å². The van der Waals surface area contributed by atoms with Gasteiger partial charge in [-0.2, -0.15) is 0 Å². The van der Waals surface area contributed by atoms with Crippen LogP contribution in [0.5, 0.6) is 5.75 Å². The summed E-state index contributed by atoms with van der Waals surface area (Å²) in [6, 6.07) is 3.82. The second kappa shape index (κ2) is 3.20. The van der Waals surface area contributed by atoms with E-state index < -0.39 is 0 Å². The van der Waals surface area contributed by atoms with Gasteiger partial charge in [-0.15, -0.1) is 11.3 Å². The predicted octanol–water partition coefficient (Wildman–Crippen LogP) is 3.87. The van der Waals surface area contributed by atoms with E-state index in [1.54, 1.807) is 18.4 Å². The second-order valence-electron chi connectivity index (χ2n) is 2.90. The Morgan fingerprint density at radius 2 is 2.15 bits per heavy atom. The van der Waals surface area contributed by atoms with Crippen molar-refractivity contribution in [3.8, 4) is 5.75 Å². The van der Waals surface area contributed by atoms with Crippen molar-refractivity contribution < 1.29 is 4.74 Å². The summed E-state index contributed by atoms with van der Waals surface area (Å²) in [4.78, 5) is 0. The van der Waals surface area contributed by atoms with Gasteiger partial charge in [-0.3, -0.25) is 0 Å². The quantitative estimate of drug-likeness (QED) is 0.697. The first kappa shape index (κ1) is 8.85. The SMILES string of the molecule is COc1cc(Cl)cc2c(C)csc12. The number of fused-ring (bicyclic) bond motifs is 1. The minimum Gasteiger partial charge on any atom is -0.495 e. The fourth-order valence-electron chi connectivity index (χ4n) is 1.35. The number of hydrogen-bond acceptors (Lipinski definition) is 2. The minimum absolute atomic E-state index is 0.728. The van der Waals surface area contributed by atoms with Crippen molar-refractivity contribution in [2.45, 2.75) is 6.92 Å². The van der Waals surface area contributed by atoms with Crippen molar-refractivity contribution in [3.05, 3.63) is 28.1 Å². The summed E-state index contributed by atoms with van der Waals surface area (Å²) in [5.74, 6) is 0.862. The van der Waals surface area contributed by atoms with Gasteiger partial charge >= 0.3 is 0 Å². The normalized spacial score (nSPS) is 10.7. The molecule has 0 aliphatic rings. The summed E-state index contributed by atoms with van der Waals surface area (Å²) in [6.07, 6.45) is 0. The van der Waals surface area contributed by atoms with Crippen molar-refractivity contribution in [1.29, 1.82) is 0 Å². The molecule has 0 saturated carbocycles. The third-order valence-electron chi connectivity index (χ3n) is 2.02. The van der Waals surface area contributed by atoms with Crippen LogP contribution in [0.2, 0.25) is 5.02 Å². The average molecular weight is 213 g/mol. The van der Waals surface area contributed by atoms with Gasteiger partial charge in [0.25, 0.3) is 0 Å². The maximum absolute atomic E-state index is 5.96. The van der Waals surface area contributed by atoms with Crippen LogP contribution in [0.4, 0.5) is 0 Å². The van der Waals surface area contributed by atoms with Crippen LogP contribution in [0.25, 0.3) is 10.1 Å². The molecule has 1 aromatic heterocycles. The molecule has 0 N–H and O–H groups in total. The number of ether oxygens (including phenoxy) is 1. The highest BCUT2D eigenvalue weighted by Crippen LogP contribution is 2.36. The molecule has 2 rings (SSSR count). The molecule has 0 atom stereocenters. The molecular formula is C10H9ClOS. The average Bonchev–Trinajstić information content (AvgIpc) is 2.47. The Balaban J connectivity index is 2.84. The molecule has 0 aliphatic carbocycles. The van der Waals surface area contributed by atoms with Crippen LogP contribution in [0, 0.1) is 6.92 Å². The molecule has 3 heteroatoms. The van der Waals surface area contributed by atoms with Gasteiger partial charge in [0.15, 0.2) is 0 Å². The van der Waals surface area contributed by atoms with Gasteiger partial charge in [-0.1, -0.05) is 11.6 Å². The topological polar surface area (TPSA) is 9.23 Å². The van der Waals surface area contributed by atoms with E-state index in [-0.39, 0.29) is 0 Å². The Hall–Kier alpha value is -0.730. The largest absolute Gasteiger partial charge is 0.495 e. The summed E-state index contributed by atoms with van der Waals surface area (Å²) in [7, 11) is 1.67. The van der Waals surface area contributed by atoms with Gasteiger partial charge in [0, 0.05) is 16.5 Å². The van der Waals surface area contributed by atoms with E-state index in [1.807, 2.05) is 12.1 Å². The molecule has 1 aromatic carbocycles. The van der Waals surface area contributed by atoms with E-state index >= 15 is 0 Å². The van der Waals surface area contributed by atoms with E-state index in [0.29, 0.717) is 0 Å². The van der Waals surface area contributed by atoms with Gasteiger partial charge in [-0.25, -0.2) is 0 Å². The Bertz CT molecular complexity index is 447. The third-order valence-corrected chi connectivity index (χ3v) is 3.36. The lowest BCUT2D eigenvalue weighted by molar-refractivity contribution is 0.420. The second-order valence-corrected chi connectivity index (χ2v) is 4.22. The Morgan fingerprint density at radius 1 is 1.38 bits per heavy atom. The molecule has 0 amide bonds. The molecule has 68 valence electrons. The number of thiophene rings is 1. The first-order valence-electron chi connectivity index (χ1n) is 3.93. The molecule has 1 heterocycles. The van der Waals surface area contributed by atoms with Crippen molar-refractivity contribution in [3.63, 3.8) is 0 Å². The Labute approximate surface area is 85.9 Å². The number of halogens is 1. The van der Waals surface area contributed by atoms with Crippen molar-refractivity contribution in [1.82, 2.24) is 0 Å². The van der Waals surface area contributed by atoms with Gasteiger partial charge in [0.2, 0.25) is 0 Å². The highest BCUT2D eigenvalue weighted by molar-refractivity contribution is 7.17. The standard InChI is InChI=1S/C10H9ClOS/c1-6-5-13-10-8(6)3-7(11)4-9(10)12-2/h3-5H,1-2H3. The molecule has 0 fully saturated rings. The van der Waals surface area contributed by atoms with Crippen LogP contribution in [-0.4, -0.2) is 7.11 Å². The predicted molar refractivity (Wildman–Crippen MR) is 58.1 cm³/mol. The minimum atomic E-state index is 0.728. The molecule has 0 aliphatic heterocycles. The maximum atomic E-state index is 5.96. The Morgan fingerprint density at radius 3 is 2.85 bits per heavy atom. The lowest BCUT2D eigenvalue weighted by Gasteiger charge is -2.02. The number of methoxy groups -OCH3 is 1. The van der Waals surface area contributed by atoms with Crippen molar-refractivity contribution >= 4 is 33.0 Å². The number of benzene rings is 1. The summed E-state index contributed by atoms with van der Waals surface area (Å²) in [5.41, 5.74) is 1.25. The summed E-state index contributed by atoms with van der Waals surface area (Å²) >= 11 is 7.65. The molecular weight excluding hydrogens is 204 g/mol. The highest BCUT2D eigenvalue weighted by atomic mass is 35.5. The molecule has 13 heavy (non-hydrogen) atoms. The van der Waals surface area contributed by atoms with Gasteiger partial charge in [0.05, 0.1) is 11.8 Å². The zero-order valence-corrected chi connectivity index (χ0v) is 9.00. The maximum Gasteiger partial charge on any atom is 0.138 e. The van der Waals surface area contributed by atoms with Gasteiger partial charge in [0.1, 0.15) is 5.75 Å². The highest BCUT2D eigenvalue weighted by Gasteiger charge is 2.07. The van der Waals surface area contributed by atoms with E-state index in [9.17, 15) is 0 Å². The number of hydrogen-bond donors (Lipinski definition) is 0. The molecule has 1 nitrogen and oxygen atoms in total. The zero-order valence-electron chi connectivity index (χ0n) is 7.43. The summed E-state index contributed by atoms with van der Waals surface area (Å²) in [6.45, 7) is 2.08. The van der Waals surface area contributed by atoms with Crippen LogP contribution in [0.3, 0.4) is 0 Å². The molecule has 0 bridgehead atoms. The zero-order chi connectivity index (χ0) is 9.42. The monoisotopic (exact) mass is 212 g/mol. The molecule has 0 spiro atoms. The Kier molecular flexibility index (Phi) is 2.18. The summed E-state index contributed by atoms with van der Waals surface area (Å²) in [5, 5.41) is 4.03. The smallest absolute Gasteiger partial charge is 0.138 e. The van der Waals surface area contributed by atoms with Crippen LogP contribution in [0.1, 0.15) is 5.56 Å². The van der Waals surface area contributed by atoms with E-state index in [4.69, 9.17) is 16.3 Å². The van der Waals surface area contributed by atoms with E-state index in [0.717, 1.165) is 10.8 Å². The number of aryl methyl sites for hydroxylation is 1. The van der Waals surface area contributed by atoms with Crippen molar-refractivity contribution in [2.75, 3.05) is 7.11 Å². The number of rotatable bonds is 1. The summed E-state index contributed by atoms with van der Waals surface area (Å²) < 4.78 is 6.42.